The molecule has 9 nitrogen and oxygen atoms in total. The fourth-order valence-electron chi connectivity index (χ4n) is 4.84. The minimum atomic E-state index is -1.58. The molecule has 0 aliphatic carbocycles. The fraction of sp³-hybridized carbons (Fsp3) is 0.286. The first-order valence-corrected chi connectivity index (χ1v) is 13.9. The lowest BCUT2D eigenvalue weighted by atomic mass is 9.96. The summed E-state index contributed by atoms with van der Waals surface area (Å²) in [5, 5.41) is 14.4. The van der Waals surface area contributed by atoms with Crippen molar-refractivity contribution in [3.63, 3.8) is 0 Å². The van der Waals surface area contributed by atoms with Gasteiger partial charge >= 0.3 is 0 Å². The SMILES string of the molecule is C[C@@]1(O)[C@H](OCc2ccc(Cl)cc2Cl)[C@@H](COCc2ccc(Cl)cc2Cl)O[C@H]1n1cc(C#CN)c2c(N)ncnc21. The quantitative estimate of drug-likeness (QED) is 0.174. The zero-order valence-corrected chi connectivity index (χ0v) is 24.7. The van der Waals surface area contributed by atoms with E-state index in [-0.39, 0.29) is 25.6 Å². The first kappa shape index (κ1) is 29.7. The average molecular weight is 637 g/mol. The summed E-state index contributed by atoms with van der Waals surface area (Å²) in [6.45, 7) is 1.95. The molecule has 3 heterocycles. The van der Waals surface area contributed by atoms with Gasteiger partial charge in [0.2, 0.25) is 0 Å². The topological polar surface area (TPSA) is 131 Å². The van der Waals surface area contributed by atoms with Crippen LogP contribution in [0, 0.1) is 12.0 Å². The van der Waals surface area contributed by atoms with Crippen molar-refractivity contribution in [3.8, 4) is 12.0 Å². The van der Waals surface area contributed by atoms with Gasteiger partial charge in [0, 0.05) is 32.3 Å². The van der Waals surface area contributed by atoms with Gasteiger partial charge in [-0.2, -0.15) is 0 Å². The maximum absolute atomic E-state index is 11.9. The highest BCUT2D eigenvalue weighted by atomic mass is 35.5. The van der Waals surface area contributed by atoms with Crippen LogP contribution in [-0.2, 0) is 27.4 Å². The van der Waals surface area contributed by atoms with Crippen LogP contribution in [-0.4, -0.2) is 44.1 Å². The summed E-state index contributed by atoms with van der Waals surface area (Å²) >= 11 is 24.8. The van der Waals surface area contributed by atoms with Crippen LogP contribution in [0.25, 0.3) is 11.0 Å². The Morgan fingerprint density at radius 1 is 1.05 bits per heavy atom. The maximum Gasteiger partial charge on any atom is 0.167 e. The van der Waals surface area contributed by atoms with Crippen molar-refractivity contribution in [2.75, 3.05) is 12.3 Å². The minimum absolute atomic E-state index is 0.0659. The minimum Gasteiger partial charge on any atom is -0.383 e. The number of hydrogen-bond acceptors (Lipinski definition) is 8. The van der Waals surface area contributed by atoms with Crippen molar-refractivity contribution in [1.29, 1.82) is 0 Å². The van der Waals surface area contributed by atoms with Gasteiger partial charge in [0.1, 0.15) is 35.6 Å². The zero-order valence-electron chi connectivity index (χ0n) is 21.7. The van der Waals surface area contributed by atoms with Gasteiger partial charge in [-0.25, -0.2) is 9.97 Å². The van der Waals surface area contributed by atoms with Gasteiger partial charge in [-0.05, 0) is 48.2 Å². The number of nitrogens with two attached hydrogens (primary N) is 2. The Hall–Kier alpha value is -2.78. The molecule has 5 N–H and O–H groups in total. The highest BCUT2D eigenvalue weighted by Crippen LogP contribution is 2.43. The maximum atomic E-state index is 11.9. The predicted octanol–water partition coefficient (Wildman–Crippen LogP) is 5.35. The number of hydrogen-bond donors (Lipinski definition) is 3. The van der Waals surface area contributed by atoms with Crippen molar-refractivity contribution in [3.05, 3.63) is 85.7 Å². The summed E-state index contributed by atoms with van der Waals surface area (Å²) in [4.78, 5) is 8.45. The van der Waals surface area contributed by atoms with E-state index >= 15 is 0 Å². The molecule has 1 aliphatic rings. The normalized spacial score (nSPS) is 22.1. The Balaban J connectivity index is 1.46. The smallest absolute Gasteiger partial charge is 0.167 e. The molecule has 1 saturated heterocycles. The molecule has 0 radical (unpaired) electrons. The number of aromatic nitrogens is 3. The van der Waals surface area contributed by atoms with Crippen LogP contribution >= 0.6 is 46.4 Å². The molecule has 1 aliphatic heterocycles. The molecule has 0 bridgehead atoms. The first-order valence-electron chi connectivity index (χ1n) is 12.4. The Morgan fingerprint density at radius 3 is 2.34 bits per heavy atom. The fourth-order valence-corrected chi connectivity index (χ4v) is 5.77. The van der Waals surface area contributed by atoms with Gasteiger partial charge in [0.05, 0.1) is 30.8 Å². The molecule has 0 saturated carbocycles. The van der Waals surface area contributed by atoms with Crippen LogP contribution in [0.1, 0.15) is 29.8 Å². The van der Waals surface area contributed by atoms with Crippen LogP contribution in [0.5, 0.6) is 0 Å². The number of benzene rings is 2. The molecule has 41 heavy (non-hydrogen) atoms. The highest BCUT2D eigenvalue weighted by molar-refractivity contribution is 6.35. The summed E-state index contributed by atoms with van der Waals surface area (Å²) < 4.78 is 20.3. The molecule has 0 spiro atoms. The Labute approximate surface area is 256 Å². The number of aliphatic hydroxyl groups is 1. The van der Waals surface area contributed by atoms with Crippen molar-refractivity contribution in [1.82, 2.24) is 14.5 Å². The molecule has 0 unspecified atom stereocenters. The van der Waals surface area contributed by atoms with Crippen LogP contribution in [0.2, 0.25) is 20.1 Å². The summed E-state index contributed by atoms with van der Waals surface area (Å²) in [5.74, 6) is 3.03. The Morgan fingerprint density at radius 2 is 1.71 bits per heavy atom. The molecule has 4 atom stereocenters. The van der Waals surface area contributed by atoms with E-state index in [9.17, 15) is 5.11 Å². The average Bonchev–Trinajstić information content (AvgIpc) is 3.39. The molecule has 2 aromatic heterocycles. The Kier molecular flexibility index (Phi) is 8.85. The summed E-state index contributed by atoms with van der Waals surface area (Å²) in [6, 6.07) is 12.6. The van der Waals surface area contributed by atoms with Gasteiger partial charge in [-0.15, -0.1) is 0 Å². The lowest BCUT2D eigenvalue weighted by Crippen LogP contribution is -2.46. The first-order chi connectivity index (χ1) is 19.6. The zero-order chi connectivity index (χ0) is 29.3. The largest absolute Gasteiger partial charge is 0.383 e. The van der Waals surface area contributed by atoms with Crippen LogP contribution in [0.3, 0.4) is 0 Å². The number of rotatable bonds is 8. The summed E-state index contributed by atoms with van der Waals surface area (Å²) in [6.07, 6.45) is 0.447. The summed E-state index contributed by atoms with van der Waals surface area (Å²) in [5.41, 5.74) is 12.4. The van der Waals surface area contributed by atoms with Crippen LogP contribution in [0.15, 0.2) is 48.9 Å². The third kappa shape index (κ3) is 6.07. The molecule has 214 valence electrons. The third-order valence-electron chi connectivity index (χ3n) is 6.80. The van der Waals surface area contributed by atoms with Crippen molar-refractivity contribution < 1.29 is 19.3 Å². The third-order valence-corrected chi connectivity index (χ3v) is 7.98. The molecule has 13 heteroatoms. The van der Waals surface area contributed by atoms with Gasteiger partial charge in [0.25, 0.3) is 0 Å². The van der Waals surface area contributed by atoms with Gasteiger partial charge in [0.15, 0.2) is 6.23 Å². The number of nitrogens with zero attached hydrogens (tertiary/aromatic N) is 3. The van der Waals surface area contributed by atoms with E-state index in [2.05, 4.69) is 21.9 Å². The number of halogens is 4. The predicted molar refractivity (Wildman–Crippen MR) is 159 cm³/mol. The van der Waals surface area contributed by atoms with E-state index in [0.29, 0.717) is 42.3 Å². The lowest BCUT2D eigenvalue weighted by Gasteiger charge is -2.30. The van der Waals surface area contributed by atoms with E-state index in [1.54, 1.807) is 54.1 Å². The van der Waals surface area contributed by atoms with Crippen molar-refractivity contribution >= 4 is 63.3 Å². The second-order valence-electron chi connectivity index (χ2n) is 9.65. The number of fused-ring (bicyclic) bond motifs is 1. The highest BCUT2D eigenvalue weighted by Gasteiger charge is 2.55. The number of anilines is 1. The van der Waals surface area contributed by atoms with Crippen molar-refractivity contribution in [2.24, 2.45) is 5.73 Å². The van der Waals surface area contributed by atoms with Gasteiger partial charge < -0.3 is 35.4 Å². The van der Waals surface area contributed by atoms with Crippen molar-refractivity contribution in [2.45, 2.75) is 44.2 Å². The van der Waals surface area contributed by atoms with E-state index in [0.717, 1.165) is 5.56 Å². The van der Waals surface area contributed by atoms with E-state index in [4.69, 9.17) is 72.1 Å². The van der Waals surface area contributed by atoms with Gasteiger partial charge in [-0.1, -0.05) is 58.5 Å². The molecule has 1 fully saturated rings. The standard InChI is InChI=1S/C28H25Cl4N5O4/c1-28(38)24(40-12-17-3-5-19(30)9-21(17)32)22(13-39-11-16-2-4-18(29)8-20(16)31)41-27(28)37-10-15(6-7-33)23-25(34)35-14-36-26(23)37/h2-5,8-10,14,22,24,27,38H,11-13,33H2,1H3,(H2,34,35,36)/t22-,24-,27-,28-/m1/s1. The molecule has 0 amide bonds. The monoisotopic (exact) mass is 635 g/mol. The molecule has 5 rings (SSSR count). The second-order valence-corrected chi connectivity index (χ2v) is 11.3. The molecular weight excluding hydrogens is 612 g/mol. The molecule has 2 aromatic carbocycles. The molecule has 4 aromatic rings. The lowest BCUT2D eigenvalue weighted by molar-refractivity contribution is -0.114. The van der Waals surface area contributed by atoms with Crippen LogP contribution < -0.4 is 11.5 Å². The van der Waals surface area contributed by atoms with Gasteiger partial charge in [-0.3, -0.25) is 0 Å². The second kappa shape index (κ2) is 12.2. The van der Waals surface area contributed by atoms with Crippen LogP contribution in [0.4, 0.5) is 5.82 Å². The summed E-state index contributed by atoms with van der Waals surface area (Å²) in [7, 11) is 0. The van der Waals surface area contributed by atoms with E-state index in [1.165, 1.54) is 6.33 Å². The molecular formula is C28H25Cl4N5O4. The number of ether oxygens (including phenoxy) is 3. The number of nitrogen functional groups attached to an aromatic ring is 1. The Bertz CT molecular complexity index is 1650. The van der Waals surface area contributed by atoms with E-state index in [1.807, 2.05) is 0 Å². The van der Waals surface area contributed by atoms with E-state index < -0.39 is 24.0 Å².